The summed E-state index contributed by atoms with van der Waals surface area (Å²) in [6.07, 6.45) is 4.19. The van der Waals surface area contributed by atoms with Crippen molar-refractivity contribution >= 4 is 17.4 Å². The van der Waals surface area contributed by atoms with Gasteiger partial charge in [-0.1, -0.05) is 0 Å². The van der Waals surface area contributed by atoms with Crippen LogP contribution in [0.3, 0.4) is 0 Å². The molecule has 2 aromatic heterocycles. The number of thiophene rings is 1. The smallest absolute Gasteiger partial charge is 0.317 e. The van der Waals surface area contributed by atoms with Gasteiger partial charge in [0, 0.05) is 25.4 Å². The molecule has 0 bridgehead atoms. The van der Waals surface area contributed by atoms with Crippen LogP contribution in [0.5, 0.6) is 5.88 Å². The number of nitrogens with zero attached hydrogens (tertiary/aromatic N) is 2. The number of hydrogen-bond donors (Lipinski definition) is 1. The van der Waals surface area contributed by atoms with Gasteiger partial charge >= 0.3 is 6.03 Å². The molecule has 138 valence electrons. The lowest BCUT2D eigenvalue weighted by molar-refractivity contribution is -0.0152. The minimum absolute atomic E-state index is 0.0379. The van der Waals surface area contributed by atoms with E-state index in [1.54, 1.807) is 17.5 Å². The topological polar surface area (TPSA) is 63.7 Å². The molecule has 3 heterocycles. The Bertz CT molecular complexity index is 733. The van der Waals surface area contributed by atoms with Crippen LogP contribution in [0.15, 0.2) is 35.2 Å². The molecule has 2 amide bonds. The molecule has 0 unspecified atom stereocenters. The Kier molecular flexibility index (Phi) is 5.36. The molecule has 6 nitrogen and oxygen atoms in total. The molecule has 2 fully saturated rings. The zero-order chi connectivity index (χ0) is 17.8. The third-order valence-electron chi connectivity index (χ3n) is 4.68. The molecule has 26 heavy (non-hydrogen) atoms. The maximum atomic E-state index is 12.5. The Morgan fingerprint density at radius 1 is 1.42 bits per heavy atom. The maximum absolute atomic E-state index is 12.5. The Morgan fingerprint density at radius 3 is 3.15 bits per heavy atom. The lowest BCUT2D eigenvalue weighted by Gasteiger charge is -2.32. The van der Waals surface area contributed by atoms with E-state index in [0.29, 0.717) is 38.0 Å². The molecular formula is C19H23N3O3S. The van der Waals surface area contributed by atoms with Crippen LogP contribution in [0.1, 0.15) is 30.1 Å². The van der Waals surface area contributed by atoms with Crippen molar-refractivity contribution in [2.45, 2.75) is 25.5 Å². The van der Waals surface area contributed by atoms with Gasteiger partial charge in [0.2, 0.25) is 5.88 Å². The number of carbonyl (C=O) groups excluding carboxylic acids is 1. The number of rotatable bonds is 6. The fraction of sp³-hybridized carbons (Fsp3) is 0.474. The molecule has 1 atom stereocenters. The summed E-state index contributed by atoms with van der Waals surface area (Å²) in [7, 11) is 0. The number of urea groups is 1. The van der Waals surface area contributed by atoms with E-state index in [0.717, 1.165) is 17.7 Å². The molecular weight excluding hydrogens is 350 g/mol. The zero-order valence-electron chi connectivity index (χ0n) is 14.6. The normalized spacial score (nSPS) is 20.0. The number of hydrogen-bond acceptors (Lipinski definition) is 5. The average molecular weight is 373 g/mol. The fourth-order valence-corrected chi connectivity index (χ4v) is 3.61. The number of aromatic nitrogens is 1. The molecule has 1 aliphatic carbocycles. The second-order valence-electron chi connectivity index (χ2n) is 6.78. The second-order valence-corrected chi connectivity index (χ2v) is 7.56. The molecule has 4 rings (SSSR count). The van der Waals surface area contributed by atoms with Crippen LogP contribution in [0.2, 0.25) is 0 Å². The highest BCUT2D eigenvalue weighted by Gasteiger charge is 2.25. The predicted molar refractivity (Wildman–Crippen MR) is 99.3 cm³/mol. The second kappa shape index (κ2) is 8.05. The van der Waals surface area contributed by atoms with Gasteiger partial charge < -0.3 is 19.7 Å². The highest BCUT2D eigenvalue weighted by atomic mass is 32.1. The Balaban J connectivity index is 1.28. The highest BCUT2D eigenvalue weighted by Crippen LogP contribution is 2.29. The van der Waals surface area contributed by atoms with Crippen LogP contribution in [0, 0.1) is 5.92 Å². The van der Waals surface area contributed by atoms with E-state index in [1.807, 2.05) is 22.4 Å². The summed E-state index contributed by atoms with van der Waals surface area (Å²) in [6.45, 7) is 2.94. The van der Waals surface area contributed by atoms with Gasteiger partial charge in [0.05, 0.1) is 19.8 Å². The average Bonchev–Trinajstić information content (AvgIpc) is 3.35. The minimum Gasteiger partial charge on any atom is -0.477 e. The number of pyridine rings is 1. The lowest BCUT2D eigenvalue weighted by atomic mass is 10.1. The summed E-state index contributed by atoms with van der Waals surface area (Å²) in [5.41, 5.74) is 2.13. The lowest BCUT2D eigenvalue weighted by Crippen LogP contribution is -2.46. The first-order valence-electron chi connectivity index (χ1n) is 9.02. The van der Waals surface area contributed by atoms with Gasteiger partial charge in [-0.3, -0.25) is 0 Å². The van der Waals surface area contributed by atoms with E-state index in [2.05, 4.69) is 21.7 Å². The highest BCUT2D eigenvalue weighted by molar-refractivity contribution is 7.07. The molecule has 1 aliphatic heterocycles. The minimum atomic E-state index is -0.0641. The number of carbonyl (C=O) groups is 1. The molecule has 7 heteroatoms. The fourth-order valence-electron chi connectivity index (χ4n) is 2.91. The maximum Gasteiger partial charge on any atom is 0.317 e. The standard InChI is InChI=1S/C19H23N3O3S/c23-19(22-6-7-24-17(11-22)16-4-8-26-13-16)21-10-15-3-5-20-18(9-15)25-12-14-1-2-14/h3-5,8-9,13-14,17H,1-2,6-7,10-12H2,(H,21,23)/t17-/m0/s1. The molecule has 1 saturated carbocycles. The first-order valence-corrected chi connectivity index (χ1v) is 9.96. The molecule has 0 spiro atoms. The number of morpholine rings is 1. The van der Waals surface area contributed by atoms with Gasteiger partial charge in [-0.25, -0.2) is 9.78 Å². The van der Waals surface area contributed by atoms with Crippen LogP contribution >= 0.6 is 11.3 Å². The molecule has 0 aromatic carbocycles. The van der Waals surface area contributed by atoms with Gasteiger partial charge in [-0.15, -0.1) is 0 Å². The van der Waals surface area contributed by atoms with Gasteiger partial charge in [0.25, 0.3) is 0 Å². The van der Waals surface area contributed by atoms with E-state index in [1.165, 1.54) is 12.8 Å². The van der Waals surface area contributed by atoms with Gasteiger partial charge in [-0.2, -0.15) is 11.3 Å². The van der Waals surface area contributed by atoms with Crippen molar-refractivity contribution in [3.05, 3.63) is 46.3 Å². The van der Waals surface area contributed by atoms with Crippen molar-refractivity contribution < 1.29 is 14.3 Å². The predicted octanol–water partition coefficient (Wildman–Crippen LogP) is 3.22. The first kappa shape index (κ1) is 17.3. The van der Waals surface area contributed by atoms with Crippen molar-refractivity contribution in [1.82, 2.24) is 15.2 Å². The molecule has 2 aromatic rings. The van der Waals surface area contributed by atoms with Crippen LogP contribution < -0.4 is 10.1 Å². The van der Waals surface area contributed by atoms with Crippen molar-refractivity contribution in [2.75, 3.05) is 26.3 Å². The summed E-state index contributed by atoms with van der Waals surface area (Å²) in [6, 6.07) is 5.79. The summed E-state index contributed by atoms with van der Waals surface area (Å²) >= 11 is 1.64. The Labute approximate surface area is 157 Å². The molecule has 1 N–H and O–H groups in total. The van der Waals surface area contributed by atoms with E-state index in [-0.39, 0.29) is 12.1 Å². The SMILES string of the molecule is O=C(NCc1ccnc(OCC2CC2)c1)N1CCO[C@H](c2ccsc2)C1. The monoisotopic (exact) mass is 373 g/mol. The Hall–Kier alpha value is -2.12. The molecule has 1 saturated heterocycles. The number of amides is 2. The van der Waals surface area contributed by atoms with Gasteiger partial charge in [0.15, 0.2) is 0 Å². The summed E-state index contributed by atoms with van der Waals surface area (Å²) in [5, 5.41) is 7.10. The summed E-state index contributed by atoms with van der Waals surface area (Å²) < 4.78 is 11.5. The van der Waals surface area contributed by atoms with Crippen molar-refractivity contribution in [3.8, 4) is 5.88 Å². The number of nitrogens with one attached hydrogen (secondary N) is 1. The van der Waals surface area contributed by atoms with Gasteiger partial charge in [0.1, 0.15) is 6.10 Å². The quantitative estimate of drug-likeness (QED) is 0.844. The Morgan fingerprint density at radius 2 is 2.35 bits per heavy atom. The summed E-state index contributed by atoms with van der Waals surface area (Å²) in [5.74, 6) is 1.32. The van der Waals surface area contributed by atoms with Crippen molar-refractivity contribution in [1.29, 1.82) is 0 Å². The third kappa shape index (κ3) is 4.53. The van der Waals surface area contributed by atoms with Crippen LogP contribution in [-0.2, 0) is 11.3 Å². The molecule has 2 aliphatic rings. The largest absolute Gasteiger partial charge is 0.477 e. The first-order chi connectivity index (χ1) is 12.8. The van der Waals surface area contributed by atoms with Gasteiger partial charge in [-0.05, 0) is 52.8 Å². The van der Waals surface area contributed by atoms with E-state index in [4.69, 9.17) is 9.47 Å². The van der Waals surface area contributed by atoms with E-state index >= 15 is 0 Å². The van der Waals surface area contributed by atoms with E-state index in [9.17, 15) is 4.79 Å². The summed E-state index contributed by atoms with van der Waals surface area (Å²) in [4.78, 5) is 18.6. The van der Waals surface area contributed by atoms with Crippen LogP contribution in [-0.4, -0.2) is 42.2 Å². The van der Waals surface area contributed by atoms with Crippen molar-refractivity contribution in [3.63, 3.8) is 0 Å². The van der Waals surface area contributed by atoms with Crippen LogP contribution in [0.4, 0.5) is 4.79 Å². The van der Waals surface area contributed by atoms with E-state index < -0.39 is 0 Å². The number of ether oxygens (including phenoxy) is 2. The molecule has 0 radical (unpaired) electrons. The zero-order valence-corrected chi connectivity index (χ0v) is 15.4. The van der Waals surface area contributed by atoms with Crippen LogP contribution in [0.25, 0.3) is 0 Å². The van der Waals surface area contributed by atoms with Crippen molar-refractivity contribution in [2.24, 2.45) is 5.92 Å². The third-order valence-corrected chi connectivity index (χ3v) is 5.38.